The number of halogens is 5. The second kappa shape index (κ2) is 5.26. The molecule has 0 unspecified atom stereocenters. The third-order valence-corrected chi connectivity index (χ3v) is 3.17. The first-order valence-electron chi connectivity index (χ1n) is 5.68. The quantitative estimate of drug-likeness (QED) is 0.800. The van der Waals surface area contributed by atoms with Crippen LogP contribution in [-0.2, 0) is 6.18 Å². The summed E-state index contributed by atoms with van der Waals surface area (Å²) in [6.07, 6.45) is -3.79. The van der Waals surface area contributed by atoms with E-state index in [9.17, 15) is 13.2 Å². The molecule has 2 aromatic rings. The van der Waals surface area contributed by atoms with E-state index in [2.05, 4.69) is 10.1 Å². The fraction of sp³-hybridized carbons (Fsp3) is 0.333. The van der Waals surface area contributed by atoms with Gasteiger partial charge in [-0.3, -0.25) is 0 Å². The van der Waals surface area contributed by atoms with Crippen LogP contribution in [0.25, 0.3) is 5.82 Å². The van der Waals surface area contributed by atoms with E-state index >= 15 is 0 Å². The number of alkyl halides is 3. The first-order chi connectivity index (χ1) is 9.20. The summed E-state index contributed by atoms with van der Waals surface area (Å²) in [6, 6.07) is 2.43. The second-order valence-corrected chi connectivity index (χ2v) is 5.28. The molecular formula is C12H10Cl2F3N3. The zero-order valence-electron chi connectivity index (χ0n) is 10.5. The molecule has 0 N–H and O–H groups in total. The minimum absolute atomic E-state index is 0.0663. The van der Waals surface area contributed by atoms with Crippen LogP contribution in [0.2, 0.25) is 10.2 Å². The van der Waals surface area contributed by atoms with E-state index < -0.39 is 11.7 Å². The standard InChI is InChI=1S/C12H10Cl2F3N3/c1-6(2)9-4-10(14)20(19-9)11-8(13)3-7(5-18-11)12(15,16)17/h3-6H,1-2H3. The van der Waals surface area contributed by atoms with E-state index in [1.165, 1.54) is 4.68 Å². The molecule has 0 amide bonds. The number of rotatable bonds is 2. The van der Waals surface area contributed by atoms with Crippen molar-refractivity contribution in [3.8, 4) is 5.82 Å². The van der Waals surface area contributed by atoms with Gasteiger partial charge in [-0.25, -0.2) is 9.67 Å². The molecule has 2 rings (SSSR count). The van der Waals surface area contributed by atoms with Gasteiger partial charge in [0.15, 0.2) is 5.82 Å². The van der Waals surface area contributed by atoms with Gasteiger partial charge in [-0.1, -0.05) is 37.0 Å². The highest BCUT2D eigenvalue weighted by molar-refractivity contribution is 6.33. The normalized spacial score (nSPS) is 12.2. The van der Waals surface area contributed by atoms with Crippen molar-refractivity contribution in [2.45, 2.75) is 25.9 Å². The van der Waals surface area contributed by atoms with E-state index in [1.807, 2.05) is 13.8 Å². The minimum Gasteiger partial charge on any atom is -0.235 e. The van der Waals surface area contributed by atoms with Gasteiger partial charge in [-0.2, -0.15) is 18.3 Å². The first kappa shape index (κ1) is 15.1. The summed E-state index contributed by atoms with van der Waals surface area (Å²) in [5.74, 6) is 0.193. The Morgan fingerprint density at radius 3 is 2.30 bits per heavy atom. The molecule has 0 aromatic carbocycles. The molecule has 2 heterocycles. The van der Waals surface area contributed by atoms with Gasteiger partial charge in [-0.05, 0) is 18.1 Å². The number of hydrogen-bond acceptors (Lipinski definition) is 2. The lowest BCUT2D eigenvalue weighted by Gasteiger charge is -2.09. The molecule has 0 radical (unpaired) electrons. The van der Waals surface area contributed by atoms with E-state index in [4.69, 9.17) is 23.2 Å². The van der Waals surface area contributed by atoms with E-state index in [-0.39, 0.29) is 21.9 Å². The molecule has 0 aliphatic heterocycles. The summed E-state index contributed by atoms with van der Waals surface area (Å²) in [5.41, 5.74) is -0.216. The van der Waals surface area contributed by atoms with Crippen LogP contribution >= 0.6 is 23.2 Å². The van der Waals surface area contributed by atoms with Crippen LogP contribution in [0.4, 0.5) is 13.2 Å². The smallest absolute Gasteiger partial charge is 0.235 e. The fourth-order valence-electron chi connectivity index (χ4n) is 1.55. The van der Waals surface area contributed by atoms with Crippen LogP contribution in [0, 0.1) is 0 Å². The summed E-state index contributed by atoms with van der Waals surface area (Å²) in [6.45, 7) is 3.84. The maximum atomic E-state index is 12.5. The SMILES string of the molecule is CC(C)c1cc(Cl)n(-c2ncc(C(F)(F)F)cc2Cl)n1. The van der Waals surface area contributed by atoms with Crippen molar-refractivity contribution in [2.75, 3.05) is 0 Å². The molecule has 0 atom stereocenters. The molecule has 0 aliphatic rings. The van der Waals surface area contributed by atoms with Gasteiger partial charge in [0.25, 0.3) is 0 Å². The molecule has 8 heteroatoms. The zero-order valence-corrected chi connectivity index (χ0v) is 12.1. The van der Waals surface area contributed by atoms with Gasteiger partial charge < -0.3 is 0 Å². The highest BCUT2D eigenvalue weighted by atomic mass is 35.5. The van der Waals surface area contributed by atoms with Crippen LogP contribution in [-0.4, -0.2) is 14.8 Å². The van der Waals surface area contributed by atoms with Gasteiger partial charge in [0.05, 0.1) is 16.3 Å². The Morgan fingerprint density at radius 1 is 1.20 bits per heavy atom. The molecular weight excluding hydrogens is 314 g/mol. The lowest BCUT2D eigenvalue weighted by molar-refractivity contribution is -0.137. The number of pyridine rings is 1. The lowest BCUT2D eigenvalue weighted by atomic mass is 10.1. The van der Waals surface area contributed by atoms with Gasteiger partial charge in [0.1, 0.15) is 5.15 Å². The highest BCUT2D eigenvalue weighted by Gasteiger charge is 2.32. The fourth-order valence-corrected chi connectivity index (χ4v) is 2.02. The Morgan fingerprint density at radius 2 is 1.85 bits per heavy atom. The van der Waals surface area contributed by atoms with Crippen LogP contribution in [0.5, 0.6) is 0 Å². The third-order valence-electron chi connectivity index (χ3n) is 2.63. The molecule has 0 fully saturated rings. The third kappa shape index (κ3) is 2.91. The minimum atomic E-state index is -4.49. The highest BCUT2D eigenvalue weighted by Crippen LogP contribution is 2.32. The van der Waals surface area contributed by atoms with Gasteiger partial charge in [0, 0.05) is 6.20 Å². The Kier molecular flexibility index (Phi) is 3.97. The van der Waals surface area contributed by atoms with Crippen molar-refractivity contribution >= 4 is 23.2 Å². The van der Waals surface area contributed by atoms with Crippen LogP contribution in [0.1, 0.15) is 31.0 Å². The average Bonchev–Trinajstić information content (AvgIpc) is 2.70. The van der Waals surface area contributed by atoms with E-state index in [0.29, 0.717) is 11.9 Å². The van der Waals surface area contributed by atoms with Crippen LogP contribution < -0.4 is 0 Å². The Labute approximate surface area is 123 Å². The van der Waals surface area contributed by atoms with Crippen molar-refractivity contribution in [1.82, 2.24) is 14.8 Å². The number of aromatic nitrogens is 3. The molecule has 0 saturated carbocycles. The summed E-state index contributed by atoms with van der Waals surface area (Å²) in [5, 5.41) is 4.26. The lowest BCUT2D eigenvalue weighted by Crippen LogP contribution is -2.08. The zero-order chi connectivity index (χ0) is 15.1. The van der Waals surface area contributed by atoms with Gasteiger partial charge in [0.2, 0.25) is 0 Å². The average molecular weight is 324 g/mol. The van der Waals surface area contributed by atoms with E-state index in [1.54, 1.807) is 6.07 Å². The summed E-state index contributed by atoms with van der Waals surface area (Å²) < 4.78 is 38.9. The molecule has 2 aromatic heterocycles. The Bertz CT molecular complexity index is 635. The predicted octanol–water partition coefficient (Wildman–Crippen LogP) is 4.72. The Balaban J connectivity index is 2.49. The summed E-state index contributed by atoms with van der Waals surface area (Å²) in [7, 11) is 0. The maximum absolute atomic E-state index is 12.5. The molecule has 0 bridgehead atoms. The molecule has 3 nitrogen and oxygen atoms in total. The van der Waals surface area contributed by atoms with E-state index in [0.717, 1.165) is 6.07 Å². The van der Waals surface area contributed by atoms with Crippen molar-refractivity contribution in [2.24, 2.45) is 0 Å². The van der Waals surface area contributed by atoms with Crippen LogP contribution in [0.3, 0.4) is 0 Å². The monoisotopic (exact) mass is 323 g/mol. The van der Waals surface area contributed by atoms with Crippen molar-refractivity contribution in [3.05, 3.63) is 39.8 Å². The van der Waals surface area contributed by atoms with Crippen molar-refractivity contribution < 1.29 is 13.2 Å². The largest absolute Gasteiger partial charge is 0.417 e. The molecule has 0 spiro atoms. The molecule has 0 saturated heterocycles. The van der Waals surface area contributed by atoms with Crippen molar-refractivity contribution in [1.29, 1.82) is 0 Å². The Hall–Kier alpha value is -1.27. The molecule has 108 valence electrons. The summed E-state index contributed by atoms with van der Waals surface area (Å²) in [4.78, 5) is 3.71. The number of nitrogens with zero attached hydrogens (tertiary/aromatic N) is 3. The molecule has 20 heavy (non-hydrogen) atoms. The predicted molar refractivity (Wildman–Crippen MR) is 70.5 cm³/mol. The number of hydrogen-bond donors (Lipinski definition) is 0. The molecule has 0 aliphatic carbocycles. The topological polar surface area (TPSA) is 30.7 Å². The van der Waals surface area contributed by atoms with Gasteiger partial charge in [-0.15, -0.1) is 0 Å². The van der Waals surface area contributed by atoms with Crippen LogP contribution in [0.15, 0.2) is 18.3 Å². The maximum Gasteiger partial charge on any atom is 0.417 e. The van der Waals surface area contributed by atoms with Crippen molar-refractivity contribution in [3.63, 3.8) is 0 Å². The second-order valence-electron chi connectivity index (χ2n) is 4.49. The first-order valence-corrected chi connectivity index (χ1v) is 6.44. The van der Waals surface area contributed by atoms with Gasteiger partial charge >= 0.3 is 6.18 Å². The summed E-state index contributed by atoms with van der Waals surface area (Å²) >= 11 is 11.9.